The van der Waals surface area contributed by atoms with Gasteiger partial charge < -0.3 is 4.74 Å². The maximum absolute atomic E-state index is 6.02. The number of para-hydroxylation sites is 1. The first-order chi connectivity index (χ1) is 7.84. The maximum atomic E-state index is 6.02. The predicted molar refractivity (Wildman–Crippen MR) is 72.7 cm³/mol. The van der Waals surface area contributed by atoms with Crippen LogP contribution in [-0.2, 0) is 6.42 Å². The highest BCUT2D eigenvalue weighted by Gasteiger charge is 2.25. The van der Waals surface area contributed by atoms with Gasteiger partial charge in [-0.1, -0.05) is 42.5 Å². The summed E-state index contributed by atoms with van der Waals surface area (Å²) in [5.41, 5.74) is 2.58. The van der Waals surface area contributed by atoms with Crippen LogP contribution in [0.2, 0.25) is 0 Å². The van der Waals surface area contributed by atoms with E-state index in [9.17, 15) is 0 Å². The first-order valence-electron chi connectivity index (χ1n) is 5.33. The van der Waals surface area contributed by atoms with Gasteiger partial charge >= 0.3 is 0 Å². The fourth-order valence-electron chi connectivity index (χ4n) is 2.08. The van der Waals surface area contributed by atoms with Crippen LogP contribution in [0.1, 0.15) is 17.2 Å². The van der Waals surface area contributed by atoms with E-state index in [-0.39, 0.29) is 6.10 Å². The van der Waals surface area contributed by atoms with E-state index in [4.69, 9.17) is 4.74 Å². The summed E-state index contributed by atoms with van der Waals surface area (Å²) in [4.78, 5) is 0. The van der Waals surface area contributed by atoms with E-state index < -0.39 is 0 Å². The molecule has 1 atom stereocenters. The summed E-state index contributed by atoms with van der Waals surface area (Å²) in [5.74, 6) is 1.07. The Balaban J connectivity index is 1.94. The Morgan fingerprint density at radius 3 is 2.56 bits per heavy atom. The van der Waals surface area contributed by atoms with Crippen LogP contribution in [0, 0.1) is 3.57 Å². The van der Waals surface area contributed by atoms with Gasteiger partial charge in [0.2, 0.25) is 0 Å². The molecule has 1 aliphatic rings. The molecule has 80 valence electrons. The average Bonchev–Trinajstić information content (AvgIpc) is 2.76. The third-order valence-electron chi connectivity index (χ3n) is 2.89. The molecule has 0 radical (unpaired) electrons. The highest BCUT2D eigenvalue weighted by Crippen LogP contribution is 2.39. The summed E-state index contributed by atoms with van der Waals surface area (Å²) >= 11 is 2.33. The van der Waals surface area contributed by atoms with Crippen LogP contribution in [0.15, 0.2) is 48.5 Å². The minimum Gasteiger partial charge on any atom is -0.484 e. The van der Waals surface area contributed by atoms with Gasteiger partial charge in [0.1, 0.15) is 11.9 Å². The molecule has 2 aromatic rings. The zero-order chi connectivity index (χ0) is 11.0. The van der Waals surface area contributed by atoms with Crippen LogP contribution in [-0.4, -0.2) is 0 Å². The lowest BCUT2D eigenvalue weighted by Gasteiger charge is -2.10. The standard InChI is InChI=1S/C14H11IO/c15-12-8-4-7-11-9-13(16-14(11)12)10-5-2-1-3-6-10/h1-8,13H,9H2. The summed E-state index contributed by atoms with van der Waals surface area (Å²) in [5, 5.41) is 0. The summed E-state index contributed by atoms with van der Waals surface area (Å²) in [6, 6.07) is 16.8. The molecule has 16 heavy (non-hydrogen) atoms. The second-order valence-electron chi connectivity index (χ2n) is 3.95. The highest BCUT2D eigenvalue weighted by atomic mass is 127. The van der Waals surface area contributed by atoms with Crippen molar-refractivity contribution < 1.29 is 4.74 Å². The molecule has 0 N–H and O–H groups in total. The van der Waals surface area contributed by atoms with Gasteiger partial charge in [-0.2, -0.15) is 0 Å². The van der Waals surface area contributed by atoms with Gasteiger partial charge in [0, 0.05) is 6.42 Å². The molecule has 0 aliphatic carbocycles. The molecule has 0 bridgehead atoms. The van der Waals surface area contributed by atoms with E-state index in [1.807, 2.05) is 6.07 Å². The molecule has 2 aromatic carbocycles. The first-order valence-corrected chi connectivity index (χ1v) is 6.41. The van der Waals surface area contributed by atoms with Crippen molar-refractivity contribution in [3.63, 3.8) is 0 Å². The Kier molecular flexibility index (Phi) is 2.59. The second kappa shape index (κ2) is 4.09. The average molecular weight is 322 g/mol. The monoisotopic (exact) mass is 322 g/mol. The minimum absolute atomic E-state index is 0.187. The van der Waals surface area contributed by atoms with Gasteiger partial charge in [-0.25, -0.2) is 0 Å². The molecule has 3 rings (SSSR count). The number of ether oxygens (including phenoxy) is 1. The van der Waals surface area contributed by atoms with Crippen LogP contribution in [0.4, 0.5) is 0 Å². The van der Waals surface area contributed by atoms with E-state index in [1.54, 1.807) is 0 Å². The Morgan fingerprint density at radius 1 is 1.00 bits per heavy atom. The molecule has 1 heterocycles. The molecular weight excluding hydrogens is 311 g/mol. The number of halogens is 1. The Bertz CT molecular complexity index is 507. The molecule has 0 amide bonds. The first kappa shape index (κ1) is 10.1. The molecule has 2 heteroatoms. The third-order valence-corrected chi connectivity index (χ3v) is 3.73. The van der Waals surface area contributed by atoms with E-state index in [1.165, 1.54) is 14.7 Å². The van der Waals surface area contributed by atoms with Crippen molar-refractivity contribution in [2.45, 2.75) is 12.5 Å². The zero-order valence-electron chi connectivity index (χ0n) is 8.69. The lowest BCUT2D eigenvalue weighted by Crippen LogP contribution is -2.02. The van der Waals surface area contributed by atoms with Crippen molar-refractivity contribution in [2.24, 2.45) is 0 Å². The number of fused-ring (bicyclic) bond motifs is 1. The minimum atomic E-state index is 0.187. The van der Waals surface area contributed by atoms with Gasteiger partial charge in [-0.05, 0) is 39.8 Å². The molecular formula is C14H11IO. The fourth-order valence-corrected chi connectivity index (χ4v) is 2.76. The van der Waals surface area contributed by atoms with Gasteiger partial charge in [0.15, 0.2) is 0 Å². The van der Waals surface area contributed by atoms with E-state index >= 15 is 0 Å². The summed E-state index contributed by atoms with van der Waals surface area (Å²) < 4.78 is 7.22. The molecule has 0 saturated heterocycles. The van der Waals surface area contributed by atoms with Gasteiger partial charge in [-0.3, -0.25) is 0 Å². The molecule has 1 nitrogen and oxygen atoms in total. The largest absolute Gasteiger partial charge is 0.484 e. The third kappa shape index (κ3) is 1.71. The molecule has 0 spiro atoms. The van der Waals surface area contributed by atoms with Gasteiger partial charge in [0.25, 0.3) is 0 Å². The summed E-state index contributed by atoms with van der Waals surface area (Å²) in [6.45, 7) is 0. The number of benzene rings is 2. The van der Waals surface area contributed by atoms with Crippen LogP contribution in [0.3, 0.4) is 0 Å². The number of hydrogen-bond donors (Lipinski definition) is 0. The van der Waals surface area contributed by atoms with Gasteiger partial charge in [-0.15, -0.1) is 0 Å². The lowest BCUT2D eigenvalue weighted by atomic mass is 10.0. The summed E-state index contributed by atoms with van der Waals surface area (Å²) in [6.07, 6.45) is 1.17. The van der Waals surface area contributed by atoms with Crippen LogP contribution in [0.5, 0.6) is 5.75 Å². The second-order valence-corrected chi connectivity index (χ2v) is 5.11. The molecule has 1 unspecified atom stereocenters. The highest BCUT2D eigenvalue weighted by molar-refractivity contribution is 14.1. The molecule has 0 saturated carbocycles. The van der Waals surface area contributed by atoms with Crippen LogP contribution in [0.25, 0.3) is 0 Å². The fraction of sp³-hybridized carbons (Fsp3) is 0.143. The number of hydrogen-bond acceptors (Lipinski definition) is 1. The number of rotatable bonds is 1. The smallest absolute Gasteiger partial charge is 0.136 e. The lowest BCUT2D eigenvalue weighted by molar-refractivity contribution is 0.237. The Hall–Kier alpha value is -1.03. The van der Waals surface area contributed by atoms with Gasteiger partial charge in [0.05, 0.1) is 3.57 Å². The van der Waals surface area contributed by atoms with Crippen LogP contribution < -0.4 is 4.74 Å². The predicted octanol–water partition coefficient (Wildman–Crippen LogP) is 3.97. The van der Waals surface area contributed by atoms with Crippen molar-refractivity contribution in [3.8, 4) is 5.75 Å². The molecule has 1 aliphatic heterocycles. The Labute approximate surface area is 109 Å². The SMILES string of the molecule is Ic1cccc2c1OC(c1ccccc1)C2. The molecule has 0 aromatic heterocycles. The maximum Gasteiger partial charge on any atom is 0.136 e. The van der Waals surface area contributed by atoms with E-state index in [0.717, 1.165) is 12.2 Å². The normalized spacial score (nSPS) is 17.9. The van der Waals surface area contributed by atoms with E-state index in [0.29, 0.717) is 0 Å². The van der Waals surface area contributed by atoms with Crippen molar-refractivity contribution in [1.82, 2.24) is 0 Å². The van der Waals surface area contributed by atoms with Crippen molar-refractivity contribution in [3.05, 3.63) is 63.2 Å². The van der Waals surface area contributed by atoms with Crippen LogP contribution >= 0.6 is 22.6 Å². The van der Waals surface area contributed by atoms with E-state index in [2.05, 4.69) is 65.1 Å². The zero-order valence-corrected chi connectivity index (χ0v) is 10.8. The molecule has 0 fully saturated rings. The topological polar surface area (TPSA) is 9.23 Å². The Morgan fingerprint density at radius 2 is 1.81 bits per heavy atom. The summed E-state index contributed by atoms with van der Waals surface area (Å²) in [7, 11) is 0. The van der Waals surface area contributed by atoms with Crippen molar-refractivity contribution in [2.75, 3.05) is 0 Å². The van der Waals surface area contributed by atoms with Crippen molar-refractivity contribution in [1.29, 1.82) is 0 Å². The quantitative estimate of drug-likeness (QED) is 0.722. The van der Waals surface area contributed by atoms with Crippen molar-refractivity contribution >= 4 is 22.6 Å².